The number of benzene rings is 1. The van der Waals surface area contributed by atoms with Crippen LogP contribution in [0.1, 0.15) is 19.9 Å². The normalized spacial score (nSPS) is 11.6. The van der Waals surface area contributed by atoms with Gasteiger partial charge in [-0.05, 0) is 26.0 Å². The number of amides is 1. The fraction of sp³-hybridized carbons (Fsp3) is 0.222. The Kier molecular flexibility index (Phi) is 4.47. The minimum atomic E-state index is -0.575. The van der Waals surface area contributed by atoms with Crippen molar-refractivity contribution in [2.24, 2.45) is 10.2 Å². The van der Waals surface area contributed by atoms with Crippen molar-refractivity contribution in [1.82, 2.24) is 9.13 Å². The van der Waals surface area contributed by atoms with Crippen molar-refractivity contribution in [2.45, 2.75) is 26.4 Å². The molecule has 0 radical (unpaired) electrons. The Morgan fingerprint density at radius 2 is 1.88 bits per heavy atom. The third-order valence-electron chi connectivity index (χ3n) is 3.84. The molecule has 0 unspecified atom stereocenters. The molecule has 0 aliphatic rings. The summed E-state index contributed by atoms with van der Waals surface area (Å²) in [5.74, 6) is -0.612. The van der Waals surface area contributed by atoms with Crippen LogP contribution in [-0.2, 0) is 11.3 Å². The first-order valence-corrected chi connectivity index (χ1v) is 7.91. The van der Waals surface area contributed by atoms with Gasteiger partial charge in [0, 0.05) is 23.7 Å². The van der Waals surface area contributed by atoms with Gasteiger partial charge >= 0.3 is 0 Å². The van der Waals surface area contributed by atoms with Gasteiger partial charge in [-0.15, -0.1) is 10.2 Å². The molecule has 3 rings (SSSR count). The van der Waals surface area contributed by atoms with Crippen molar-refractivity contribution in [3.63, 3.8) is 0 Å². The molecular weight excluding hydrogens is 320 g/mol. The molecule has 2 aromatic heterocycles. The molecule has 0 bridgehead atoms. The van der Waals surface area contributed by atoms with Crippen LogP contribution in [0.4, 0.5) is 5.69 Å². The van der Waals surface area contributed by atoms with Gasteiger partial charge in [-0.25, -0.2) is 0 Å². The number of carbonyl (C=O) groups is 1. The molecule has 0 saturated heterocycles. The van der Waals surface area contributed by atoms with E-state index in [1.807, 2.05) is 38.1 Å². The third kappa shape index (κ3) is 3.21. The van der Waals surface area contributed by atoms with Crippen LogP contribution in [0.2, 0.25) is 0 Å². The molecule has 1 amide bonds. The summed E-state index contributed by atoms with van der Waals surface area (Å²) >= 11 is 0. The number of hydrogen-bond donors (Lipinski definition) is 1. The maximum Gasteiger partial charge on any atom is 0.284 e. The zero-order valence-corrected chi connectivity index (χ0v) is 14.0. The zero-order chi connectivity index (χ0) is 18.0. The molecule has 0 atom stereocenters. The molecule has 7 nitrogen and oxygen atoms in total. The van der Waals surface area contributed by atoms with E-state index >= 15 is 0 Å². The van der Waals surface area contributed by atoms with Gasteiger partial charge in [0.15, 0.2) is 5.69 Å². The first-order chi connectivity index (χ1) is 12.0. The molecular formula is C18H18N4O3. The summed E-state index contributed by atoms with van der Waals surface area (Å²) in [6, 6.07) is 12.0. The lowest BCUT2D eigenvalue weighted by Gasteiger charge is -2.10. The topological polar surface area (TPSA) is 88.9 Å². The van der Waals surface area contributed by atoms with Crippen molar-refractivity contribution in [3.8, 4) is 5.88 Å². The molecule has 1 aromatic carbocycles. The molecule has 7 heteroatoms. The quantitative estimate of drug-likeness (QED) is 0.739. The zero-order valence-electron chi connectivity index (χ0n) is 14.0. The minimum absolute atomic E-state index is 0.0208. The summed E-state index contributed by atoms with van der Waals surface area (Å²) in [4.78, 5) is 23.6. The number of carbonyl (C=O) groups excluding carboxylic acids is 1. The van der Waals surface area contributed by atoms with Gasteiger partial charge in [-0.3, -0.25) is 9.59 Å². The number of hydrogen-bond acceptors (Lipinski definition) is 4. The fourth-order valence-electron chi connectivity index (χ4n) is 2.73. The first-order valence-electron chi connectivity index (χ1n) is 7.91. The lowest BCUT2D eigenvalue weighted by molar-refractivity contribution is -0.118. The van der Waals surface area contributed by atoms with Crippen molar-refractivity contribution in [1.29, 1.82) is 0 Å². The summed E-state index contributed by atoms with van der Waals surface area (Å²) < 4.78 is 2.98. The molecule has 0 spiro atoms. The summed E-state index contributed by atoms with van der Waals surface area (Å²) in [5.41, 5.74) is 0.777. The Labute approximate surface area is 143 Å². The van der Waals surface area contributed by atoms with Gasteiger partial charge in [-0.1, -0.05) is 24.3 Å². The maximum atomic E-state index is 12.0. The second-order valence-corrected chi connectivity index (χ2v) is 5.91. The van der Waals surface area contributed by atoms with Crippen LogP contribution in [0.3, 0.4) is 0 Å². The highest BCUT2D eigenvalue weighted by Gasteiger charge is 2.18. The van der Waals surface area contributed by atoms with Crippen LogP contribution in [0.25, 0.3) is 10.9 Å². The second-order valence-electron chi connectivity index (χ2n) is 5.91. The maximum absolute atomic E-state index is 12.0. The van der Waals surface area contributed by atoms with E-state index in [-0.39, 0.29) is 29.7 Å². The van der Waals surface area contributed by atoms with E-state index in [1.165, 1.54) is 16.8 Å². The van der Waals surface area contributed by atoms with Crippen LogP contribution < -0.4 is 5.56 Å². The number of nitrogens with zero attached hydrogens (tertiary/aromatic N) is 4. The lowest BCUT2D eigenvalue weighted by Crippen LogP contribution is -2.21. The highest BCUT2D eigenvalue weighted by Crippen LogP contribution is 2.40. The molecule has 128 valence electrons. The van der Waals surface area contributed by atoms with Gasteiger partial charge in [0.25, 0.3) is 11.5 Å². The Hall–Kier alpha value is -3.22. The SMILES string of the molecule is CC(C)n1c(O)c(N=NC(=O)Cn2ccccc2=O)c2ccccc21. The van der Waals surface area contributed by atoms with E-state index in [0.29, 0.717) is 5.39 Å². The molecule has 0 fully saturated rings. The van der Waals surface area contributed by atoms with Crippen LogP contribution >= 0.6 is 0 Å². The fourth-order valence-corrected chi connectivity index (χ4v) is 2.73. The monoisotopic (exact) mass is 338 g/mol. The van der Waals surface area contributed by atoms with Crippen molar-refractivity contribution < 1.29 is 9.90 Å². The number of azo groups is 1. The average molecular weight is 338 g/mol. The van der Waals surface area contributed by atoms with Crippen molar-refractivity contribution in [3.05, 3.63) is 59.0 Å². The van der Waals surface area contributed by atoms with E-state index in [2.05, 4.69) is 10.2 Å². The summed E-state index contributed by atoms with van der Waals surface area (Å²) in [6.07, 6.45) is 1.51. The van der Waals surface area contributed by atoms with Crippen LogP contribution in [0.5, 0.6) is 5.88 Å². The highest BCUT2D eigenvalue weighted by atomic mass is 16.3. The molecule has 2 heterocycles. The van der Waals surface area contributed by atoms with E-state index < -0.39 is 5.91 Å². The summed E-state index contributed by atoms with van der Waals surface area (Å²) in [5, 5.41) is 18.8. The predicted octanol–water partition coefficient (Wildman–Crippen LogP) is 3.40. The Morgan fingerprint density at radius 3 is 2.60 bits per heavy atom. The third-order valence-corrected chi connectivity index (χ3v) is 3.84. The summed E-state index contributed by atoms with van der Waals surface area (Å²) in [7, 11) is 0. The first kappa shape index (κ1) is 16.6. The molecule has 25 heavy (non-hydrogen) atoms. The highest BCUT2D eigenvalue weighted by molar-refractivity contribution is 5.95. The molecule has 0 aliphatic heterocycles. The average Bonchev–Trinajstić information content (AvgIpc) is 2.86. The van der Waals surface area contributed by atoms with E-state index in [9.17, 15) is 14.7 Å². The number of aromatic hydroxyl groups is 1. The Balaban J connectivity index is 1.94. The minimum Gasteiger partial charge on any atom is -0.493 e. The van der Waals surface area contributed by atoms with Gasteiger partial charge < -0.3 is 14.2 Å². The van der Waals surface area contributed by atoms with Crippen LogP contribution in [0.15, 0.2) is 63.7 Å². The predicted molar refractivity (Wildman–Crippen MR) is 94.2 cm³/mol. The van der Waals surface area contributed by atoms with E-state index in [4.69, 9.17) is 0 Å². The number of pyridine rings is 1. The molecule has 0 aliphatic carbocycles. The summed E-state index contributed by atoms with van der Waals surface area (Å²) in [6.45, 7) is 3.69. The molecule has 1 N–H and O–H groups in total. The van der Waals surface area contributed by atoms with Gasteiger partial charge in [0.1, 0.15) is 6.54 Å². The Bertz CT molecular complexity index is 1010. The van der Waals surface area contributed by atoms with Gasteiger partial charge in [0.05, 0.1) is 5.52 Å². The largest absolute Gasteiger partial charge is 0.493 e. The number of rotatable bonds is 4. The van der Waals surface area contributed by atoms with Crippen LogP contribution in [-0.4, -0.2) is 20.1 Å². The number of fused-ring (bicyclic) bond motifs is 1. The van der Waals surface area contributed by atoms with E-state index in [1.54, 1.807) is 16.7 Å². The lowest BCUT2D eigenvalue weighted by atomic mass is 10.2. The van der Waals surface area contributed by atoms with Gasteiger partial charge in [0.2, 0.25) is 5.88 Å². The van der Waals surface area contributed by atoms with Crippen molar-refractivity contribution >= 4 is 22.5 Å². The standard InChI is InChI=1S/C18H18N4O3/c1-12(2)22-14-8-4-3-7-13(14)17(18(22)25)20-19-15(23)11-21-10-6-5-9-16(21)24/h3-10,12,25H,11H2,1-2H3. The van der Waals surface area contributed by atoms with Crippen molar-refractivity contribution in [2.75, 3.05) is 0 Å². The smallest absolute Gasteiger partial charge is 0.284 e. The second kappa shape index (κ2) is 6.72. The number of aromatic nitrogens is 2. The number of para-hydroxylation sites is 1. The van der Waals surface area contributed by atoms with Gasteiger partial charge in [-0.2, -0.15) is 0 Å². The Morgan fingerprint density at radius 1 is 1.16 bits per heavy atom. The molecule has 0 saturated carbocycles. The molecule has 3 aromatic rings. The van der Waals surface area contributed by atoms with E-state index in [0.717, 1.165) is 5.52 Å². The van der Waals surface area contributed by atoms with Crippen LogP contribution in [0, 0.1) is 0 Å².